The summed E-state index contributed by atoms with van der Waals surface area (Å²) in [5, 5.41) is 4.86. The van der Waals surface area contributed by atoms with Gasteiger partial charge in [0.2, 0.25) is 0 Å². The second-order valence-electron chi connectivity index (χ2n) is 12.9. The minimum Gasteiger partial charge on any atom is -0.456 e. The maximum absolute atomic E-state index is 6.36. The standard InChI is InChI=1S/C48H31NOS/c1-3-11-32(12-4-1)33-19-24-37(25-20-33)49(36-13-5-2-6-14-36)38-26-21-34(22-27-38)43-31-48-44(41-16-8-10-18-47(41)51-48)30-42(43)35-23-28-40-39-15-7-9-17-45(39)50-46(40)29-35/h1-31H. The highest BCUT2D eigenvalue weighted by molar-refractivity contribution is 7.25. The molecule has 240 valence electrons. The number of furan rings is 1. The number of hydrogen-bond acceptors (Lipinski definition) is 3. The Bertz CT molecular complexity index is 2830. The molecule has 8 aromatic carbocycles. The molecule has 0 aliphatic heterocycles. The SMILES string of the molecule is c1ccc(-c2ccc(N(c3ccccc3)c3ccc(-c4cc5sc6ccccc6c5cc4-c4ccc5c(c4)oc4ccccc45)cc3)cc2)cc1. The van der Waals surface area contributed by atoms with Crippen LogP contribution in [0.1, 0.15) is 0 Å². The van der Waals surface area contributed by atoms with E-state index >= 15 is 0 Å². The van der Waals surface area contributed by atoms with Crippen molar-refractivity contribution >= 4 is 70.5 Å². The zero-order valence-electron chi connectivity index (χ0n) is 27.7. The third-order valence-corrected chi connectivity index (χ3v) is 11.0. The second-order valence-corrected chi connectivity index (χ2v) is 14.0. The van der Waals surface area contributed by atoms with Gasteiger partial charge in [-0.15, -0.1) is 11.3 Å². The highest BCUT2D eigenvalue weighted by Gasteiger charge is 2.17. The molecule has 51 heavy (non-hydrogen) atoms. The van der Waals surface area contributed by atoms with E-state index in [1.165, 1.54) is 48.0 Å². The molecule has 2 nitrogen and oxygen atoms in total. The van der Waals surface area contributed by atoms with Gasteiger partial charge in [0.1, 0.15) is 11.2 Å². The average molecular weight is 670 g/mol. The number of benzene rings is 8. The molecule has 0 fully saturated rings. The lowest BCUT2D eigenvalue weighted by molar-refractivity contribution is 0.669. The normalized spacial score (nSPS) is 11.5. The van der Waals surface area contributed by atoms with E-state index in [0.29, 0.717) is 0 Å². The van der Waals surface area contributed by atoms with Crippen LogP contribution in [-0.2, 0) is 0 Å². The van der Waals surface area contributed by atoms with Gasteiger partial charge in [0.25, 0.3) is 0 Å². The summed E-state index contributed by atoms with van der Waals surface area (Å²) < 4.78 is 8.94. The summed E-state index contributed by atoms with van der Waals surface area (Å²) in [6.45, 7) is 0. The van der Waals surface area contributed by atoms with Gasteiger partial charge in [0.15, 0.2) is 0 Å². The predicted octanol–water partition coefficient (Wildman–Crippen LogP) is 14.4. The summed E-state index contributed by atoms with van der Waals surface area (Å²) in [7, 11) is 0. The molecule has 2 heterocycles. The van der Waals surface area contributed by atoms with Crippen LogP contribution in [0.4, 0.5) is 17.1 Å². The second kappa shape index (κ2) is 12.2. The summed E-state index contributed by atoms with van der Waals surface area (Å²) in [5.41, 5.74) is 12.3. The highest BCUT2D eigenvalue weighted by atomic mass is 32.1. The summed E-state index contributed by atoms with van der Waals surface area (Å²) in [5.74, 6) is 0. The molecule has 0 spiro atoms. The van der Waals surface area contributed by atoms with Crippen molar-refractivity contribution in [2.75, 3.05) is 4.90 Å². The molecular weight excluding hydrogens is 639 g/mol. The zero-order valence-corrected chi connectivity index (χ0v) is 28.5. The molecule has 0 saturated heterocycles. The average Bonchev–Trinajstić information content (AvgIpc) is 3.76. The van der Waals surface area contributed by atoms with Crippen molar-refractivity contribution < 1.29 is 4.42 Å². The molecule has 0 atom stereocenters. The van der Waals surface area contributed by atoms with E-state index in [4.69, 9.17) is 4.42 Å². The van der Waals surface area contributed by atoms with Gasteiger partial charge >= 0.3 is 0 Å². The van der Waals surface area contributed by atoms with E-state index in [1.54, 1.807) is 0 Å². The minimum absolute atomic E-state index is 0.905. The van der Waals surface area contributed by atoms with Crippen LogP contribution in [0.15, 0.2) is 192 Å². The van der Waals surface area contributed by atoms with Crippen LogP contribution in [-0.4, -0.2) is 0 Å². The molecular formula is C48H31NOS. The van der Waals surface area contributed by atoms with Gasteiger partial charge in [0, 0.05) is 48.0 Å². The Labute approximate surface area is 300 Å². The van der Waals surface area contributed by atoms with E-state index < -0.39 is 0 Å². The zero-order chi connectivity index (χ0) is 33.7. The predicted molar refractivity (Wildman–Crippen MR) is 218 cm³/mol. The van der Waals surface area contributed by atoms with Crippen molar-refractivity contribution in [3.05, 3.63) is 188 Å². The molecule has 2 aromatic heterocycles. The summed E-state index contributed by atoms with van der Waals surface area (Å²) in [6, 6.07) is 67.4. The number of anilines is 3. The lowest BCUT2D eigenvalue weighted by Gasteiger charge is -2.26. The van der Waals surface area contributed by atoms with E-state index in [0.717, 1.165) is 44.6 Å². The van der Waals surface area contributed by atoms with Crippen LogP contribution in [0.5, 0.6) is 0 Å². The lowest BCUT2D eigenvalue weighted by atomic mass is 9.92. The van der Waals surface area contributed by atoms with Gasteiger partial charge < -0.3 is 9.32 Å². The highest BCUT2D eigenvalue weighted by Crippen LogP contribution is 2.44. The lowest BCUT2D eigenvalue weighted by Crippen LogP contribution is -2.09. The smallest absolute Gasteiger partial charge is 0.136 e. The molecule has 10 rings (SSSR count). The third kappa shape index (κ3) is 5.18. The molecule has 0 radical (unpaired) electrons. The molecule has 0 N–H and O–H groups in total. The van der Waals surface area contributed by atoms with Crippen molar-refractivity contribution in [3.8, 4) is 33.4 Å². The van der Waals surface area contributed by atoms with Gasteiger partial charge in [-0.1, -0.05) is 115 Å². The summed E-state index contributed by atoms with van der Waals surface area (Å²) >= 11 is 1.86. The molecule has 0 saturated carbocycles. The van der Waals surface area contributed by atoms with Crippen molar-refractivity contribution in [2.45, 2.75) is 0 Å². The first-order chi connectivity index (χ1) is 25.3. The van der Waals surface area contributed by atoms with Gasteiger partial charge in [0.05, 0.1) is 0 Å². The first-order valence-corrected chi connectivity index (χ1v) is 18.1. The van der Waals surface area contributed by atoms with Crippen LogP contribution < -0.4 is 4.90 Å². The first kappa shape index (κ1) is 29.5. The maximum atomic E-state index is 6.36. The molecule has 3 heteroatoms. The number of fused-ring (bicyclic) bond motifs is 6. The fraction of sp³-hybridized carbons (Fsp3) is 0. The summed E-state index contributed by atoms with van der Waals surface area (Å²) in [6.07, 6.45) is 0. The maximum Gasteiger partial charge on any atom is 0.136 e. The Kier molecular flexibility index (Phi) is 7.04. The number of hydrogen-bond donors (Lipinski definition) is 0. The van der Waals surface area contributed by atoms with Crippen molar-refractivity contribution in [2.24, 2.45) is 0 Å². The quantitative estimate of drug-likeness (QED) is 0.175. The number of thiophene rings is 1. The molecule has 10 aromatic rings. The Hall–Kier alpha value is -6.42. The van der Waals surface area contributed by atoms with Crippen LogP contribution in [0.3, 0.4) is 0 Å². The van der Waals surface area contributed by atoms with Crippen molar-refractivity contribution in [3.63, 3.8) is 0 Å². The Morgan fingerprint density at radius 2 is 0.882 bits per heavy atom. The molecule has 0 aliphatic carbocycles. The third-order valence-electron chi connectivity index (χ3n) is 9.89. The number of nitrogens with zero attached hydrogens (tertiary/aromatic N) is 1. The topological polar surface area (TPSA) is 16.4 Å². The first-order valence-electron chi connectivity index (χ1n) is 17.2. The monoisotopic (exact) mass is 669 g/mol. The Balaban J connectivity index is 1.10. The number of para-hydroxylation sites is 2. The van der Waals surface area contributed by atoms with Crippen LogP contribution >= 0.6 is 11.3 Å². The van der Waals surface area contributed by atoms with E-state index in [1.807, 2.05) is 23.5 Å². The molecule has 0 bridgehead atoms. The molecule has 0 aliphatic rings. The van der Waals surface area contributed by atoms with Crippen LogP contribution in [0, 0.1) is 0 Å². The van der Waals surface area contributed by atoms with E-state index in [-0.39, 0.29) is 0 Å². The number of rotatable bonds is 6. The fourth-order valence-corrected chi connectivity index (χ4v) is 8.52. The Morgan fingerprint density at radius 1 is 0.333 bits per heavy atom. The van der Waals surface area contributed by atoms with E-state index in [9.17, 15) is 0 Å². The summed E-state index contributed by atoms with van der Waals surface area (Å²) in [4.78, 5) is 2.32. The molecule has 0 unspecified atom stereocenters. The van der Waals surface area contributed by atoms with E-state index in [2.05, 4.69) is 181 Å². The van der Waals surface area contributed by atoms with Crippen LogP contribution in [0.25, 0.3) is 75.5 Å². The van der Waals surface area contributed by atoms with Crippen molar-refractivity contribution in [1.82, 2.24) is 0 Å². The Morgan fingerprint density at radius 3 is 1.65 bits per heavy atom. The van der Waals surface area contributed by atoms with Gasteiger partial charge in [-0.25, -0.2) is 0 Å². The van der Waals surface area contributed by atoms with Gasteiger partial charge in [-0.3, -0.25) is 0 Å². The fourth-order valence-electron chi connectivity index (χ4n) is 7.39. The van der Waals surface area contributed by atoms with Gasteiger partial charge in [-0.2, -0.15) is 0 Å². The van der Waals surface area contributed by atoms with Crippen LogP contribution in [0.2, 0.25) is 0 Å². The van der Waals surface area contributed by atoms with Gasteiger partial charge in [-0.05, 0) is 106 Å². The van der Waals surface area contributed by atoms with Crippen molar-refractivity contribution in [1.29, 1.82) is 0 Å². The minimum atomic E-state index is 0.905. The molecule has 0 amide bonds. The largest absolute Gasteiger partial charge is 0.456 e.